The SMILES string of the molecule is NCC#Cc1ccccc1CN1Cc2ccccc2C1. The fourth-order valence-corrected chi connectivity index (χ4v) is 2.68. The van der Waals surface area contributed by atoms with E-state index in [-0.39, 0.29) is 0 Å². The minimum absolute atomic E-state index is 0.406. The maximum absolute atomic E-state index is 5.46. The highest BCUT2D eigenvalue weighted by molar-refractivity contribution is 5.42. The van der Waals surface area contributed by atoms with Gasteiger partial charge in [-0.2, -0.15) is 0 Å². The van der Waals surface area contributed by atoms with Gasteiger partial charge in [-0.15, -0.1) is 0 Å². The zero-order chi connectivity index (χ0) is 13.8. The molecule has 0 unspecified atom stereocenters. The topological polar surface area (TPSA) is 29.3 Å². The molecule has 0 aliphatic carbocycles. The van der Waals surface area contributed by atoms with Crippen molar-refractivity contribution in [2.75, 3.05) is 6.54 Å². The van der Waals surface area contributed by atoms with Crippen LogP contribution in [-0.4, -0.2) is 11.4 Å². The second-order valence-electron chi connectivity index (χ2n) is 5.08. The molecule has 1 heterocycles. The van der Waals surface area contributed by atoms with E-state index in [2.05, 4.69) is 59.2 Å². The van der Waals surface area contributed by atoms with Gasteiger partial charge in [0, 0.05) is 25.2 Å². The Morgan fingerprint density at radius 1 is 0.950 bits per heavy atom. The Hall–Kier alpha value is -2.08. The number of fused-ring (bicyclic) bond motifs is 1. The molecule has 2 heteroatoms. The molecule has 2 aromatic carbocycles. The van der Waals surface area contributed by atoms with Crippen molar-refractivity contribution in [3.8, 4) is 11.8 Å². The van der Waals surface area contributed by atoms with Crippen LogP contribution in [0.4, 0.5) is 0 Å². The number of nitrogens with zero attached hydrogens (tertiary/aromatic N) is 1. The molecule has 0 spiro atoms. The van der Waals surface area contributed by atoms with Crippen molar-refractivity contribution in [1.82, 2.24) is 4.90 Å². The first-order chi connectivity index (χ1) is 9.86. The summed E-state index contributed by atoms with van der Waals surface area (Å²) < 4.78 is 0. The predicted octanol–water partition coefficient (Wildman–Crippen LogP) is 2.51. The molecule has 0 radical (unpaired) electrons. The van der Waals surface area contributed by atoms with Gasteiger partial charge < -0.3 is 5.73 Å². The highest BCUT2D eigenvalue weighted by Gasteiger charge is 2.18. The van der Waals surface area contributed by atoms with Crippen LogP contribution < -0.4 is 5.73 Å². The Kier molecular flexibility index (Phi) is 3.83. The van der Waals surface area contributed by atoms with Crippen LogP contribution in [0.15, 0.2) is 48.5 Å². The lowest BCUT2D eigenvalue weighted by Gasteiger charge is -2.16. The van der Waals surface area contributed by atoms with Crippen molar-refractivity contribution >= 4 is 0 Å². The van der Waals surface area contributed by atoms with Gasteiger partial charge in [-0.1, -0.05) is 54.3 Å². The molecule has 0 bridgehead atoms. The summed E-state index contributed by atoms with van der Waals surface area (Å²) in [6.07, 6.45) is 0. The first-order valence-electron chi connectivity index (χ1n) is 6.93. The van der Waals surface area contributed by atoms with Crippen molar-refractivity contribution in [1.29, 1.82) is 0 Å². The van der Waals surface area contributed by atoms with Crippen LogP contribution in [0.2, 0.25) is 0 Å². The predicted molar refractivity (Wildman–Crippen MR) is 81.8 cm³/mol. The lowest BCUT2D eigenvalue weighted by molar-refractivity contribution is 0.275. The summed E-state index contributed by atoms with van der Waals surface area (Å²) >= 11 is 0. The van der Waals surface area contributed by atoms with Gasteiger partial charge in [0.15, 0.2) is 0 Å². The molecule has 100 valence electrons. The Morgan fingerprint density at radius 3 is 2.30 bits per heavy atom. The first-order valence-corrected chi connectivity index (χ1v) is 6.93. The fraction of sp³-hybridized carbons (Fsp3) is 0.222. The van der Waals surface area contributed by atoms with E-state index < -0.39 is 0 Å². The largest absolute Gasteiger partial charge is 0.320 e. The van der Waals surface area contributed by atoms with E-state index in [1.807, 2.05) is 6.07 Å². The Morgan fingerprint density at radius 2 is 1.60 bits per heavy atom. The molecule has 0 saturated carbocycles. The maximum atomic E-state index is 5.46. The number of nitrogens with two attached hydrogens (primary N) is 1. The molecular formula is C18H18N2. The molecule has 0 fully saturated rings. The molecule has 2 aromatic rings. The van der Waals surface area contributed by atoms with Crippen LogP contribution in [0.3, 0.4) is 0 Å². The maximum Gasteiger partial charge on any atom is 0.0555 e. The van der Waals surface area contributed by atoms with E-state index in [1.165, 1.54) is 16.7 Å². The standard InChI is InChI=1S/C18H18N2/c19-11-5-10-15-6-1-2-7-16(15)12-20-13-17-8-3-4-9-18(17)14-20/h1-4,6-9H,11-14,19H2. The highest BCUT2D eigenvalue weighted by Crippen LogP contribution is 2.24. The van der Waals surface area contributed by atoms with Crippen LogP contribution in [0.5, 0.6) is 0 Å². The smallest absolute Gasteiger partial charge is 0.0555 e. The van der Waals surface area contributed by atoms with Gasteiger partial charge in [0.1, 0.15) is 0 Å². The molecule has 0 aromatic heterocycles. The van der Waals surface area contributed by atoms with Gasteiger partial charge in [0.05, 0.1) is 6.54 Å². The van der Waals surface area contributed by atoms with E-state index in [1.54, 1.807) is 0 Å². The zero-order valence-electron chi connectivity index (χ0n) is 11.5. The van der Waals surface area contributed by atoms with Crippen molar-refractivity contribution in [2.45, 2.75) is 19.6 Å². The summed E-state index contributed by atoms with van der Waals surface area (Å²) in [4.78, 5) is 2.45. The van der Waals surface area contributed by atoms with Crippen LogP contribution in [0.1, 0.15) is 22.3 Å². The van der Waals surface area contributed by atoms with Crippen LogP contribution in [0, 0.1) is 11.8 Å². The third kappa shape index (κ3) is 2.75. The van der Waals surface area contributed by atoms with Crippen molar-refractivity contribution in [3.05, 3.63) is 70.8 Å². The lowest BCUT2D eigenvalue weighted by Crippen LogP contribution is -2.16. The fourth-order valence-electron chi connectivity index (χ4n) is 2.68. The normalized spacial score (nSPS) is 13.7. The molecule has 0 amide bonds. The first kappa shape index (κ1) is 12.9. The average molecular weight is 262 g/mol. The van der Waals surface area contributed by atoms with Crippen molar-refractivity contribution in [2.24, 2.45) is 5.73 Å². The Balaban J connectivity index is 1.77. The summed E-state index contributed by atoms with van der Waals surface area (Å²) in [6.45, 7) is 3.39. The van der Waals surface area contributed by atoms with E-state index in [9.17, 15) is 0 Å². The van der Waals surface area contributed by atoms with Crippen LogP contribution in [-0.2, 0) is 19.6 Å². The van der Waals surface area contributed by atoms with Gasteiger partial charge in [-0.05, 0) is 22.8 Å². The molecule has 1 aliphatic rings. The summed E-state index contributed by atoms with van der Waals surface area (Å²) in [5.74, 6) is 6.11. The van der Waals surface area contributed by atoms with Gasteiger partial charge in [0.25, 0.3) is 0 Å². The summed E-state index contributed by atoms with van der Waals surface area (Å²) in [5, 5.41) is 0. The van der Waals surface area contributed by atoms with E-state index in [0.717, 1.165) is 25.2 Å². The molecule has 3 rings (SSSR count). The van der Waals surface area contributed by atoms with Gasteiger partial charge in [-0.25, -0.2) is 0 Å². The molecule has 0 saturated heterocycles. The van der Waals surface area contributed by atoms with Crippen molar-refractivity contribution < 1.29 is 0 Å². The average Bonchev–Trinajstić information content (AvgIpc) is 2.88. The third-order valence-electron chi connectivity index (χ3n) is 3.64. The molecule has 20 heavy (non-hydrogen) atoms. The second kappa shape index (κ2) is 5.92. The minimum atomic E-state index is 0.406. The van der Waals surface area contributed by atoms with Gasteiger partial charge >= 0.3 is 0 Å². The number of rotatable bonds is 2. The monoisotopic (exact) mass is 262 g/mol. The third-order valence-corrected chi connectivity index (χ3v) is 3.64. The Labute approximate surface area is 120 Å². The molecule has 2 nitrogen and oxygen atoms in total. The molecule has 0 atom stereocenters. The highest BCUT2D eigenvalue weighted by atomic mass is 15.1. The number of benzene rings is 2. The van der Waals surface area contributed by atoms with Gasteiger partial charge in [0.2, 0.25) is 0 Å². The quantitative estimate of drug-likeness (QED) is 0.843. The van der Waals surface area contributed by atoms with Crippen LogP contribution >= 0.6 is 0 Å². The molecule has 1 aliphatic heterocycles. The summed E-state index contributed by atoms with van der Waals surface area (Å²) in [5.41, 5.74) is 10.7. The summed E-state index contributed by atoms with van der Waals surface area (Å²) in [6, 6.07) is 17.0. The second-order valence-corrected chi connectivity index (χ2v) is 5.08. The lowest BCUT2D eigenvalue weighted by atomic mass is 10.1. The van der Waals surface area contributed by atoms with Crippen molar-refractivity contribution in [3.63, 3.8) is 0 Å². The van der Waals surface area contributed by atoms with Crippen LogP contribution in [0.25, 0.3) is 0 Å². The Bertz CT molecular complexity index is 639. The van der Waals surface area contributed by atoms with E-state index in [4.69, 9.17) is 5.73 Å². The summed E-state index contributed by atoms with van der Waals surface area (Å²) in [7, 11) is 0. The van der Waals surface area contributed by atoms with Gasteiger partial charge in [-0.3, -0.25) is 4.90 Å². The van der Waals surface area contributed by atoms with E-state index >= 15 is 0 Å². The zero-order valence-corrected chi connectivity index (χ0v) is 11.5. The van der Waals surface area contributed by atoms with E-state index in [0.29, 0.717) is 6.54 Å². The molecule has 2 N–H and O–H groups in total. The number of hydrogen-bond donors (Lipinski definition) is 1. The minimum Gasteiger partial charge on any atom is -0.320 e. The number of hydrogen-bond acceptors (Lipinski definition) is 2. The molecular weight excluding hydrogens is 244 g/mol.